The zero-order valence-electron chi connectivity index (χ0n) is 21.3. The fourth-order valence-corrected chi connectivity index (χ4v) is 4.90. The maximum Gasteiger partial charge on any atom is 0.261 e. The highest BCUT2D eigenvalue weighted by Crippen LogP contribution is 2.27. The summed E-state index contributed by atoms with van der Waals surface area (Å²) in [6.07, 6.45) is 2.80. The van der Waals surface area contributed by atoms with Crippen LogP contribution in [-0.4, -0.2) is 39.4 Å². The monoisotopic (exact) mass is 492 g/mol. The summed E-state index contributed by atoms with van der Waals surface area (Å²) in [7, 11) is 0. The molecule has 1 aliphatic rings. The lowest BCUT2D eigenvalue weighted by Gasteiger charge is -2.24. The first kappa shape index (κ1) is 24.7. The van der Waals surface area contributed by atoms with Gasteiger partial charge in [-0.3, -0.25) is 14.5 Å². The highest BCUT2D eigenvalue weighted by Gasteiger charge is 2.34. The van der Waals surface area contributed by atoms with Crippen molar-refractivity contribution in [2.45, 2.75) is 32.9 Å². The van der Waals surface area contributed by atoms with Crippen LogP contribution in [0.1, 0.15) is 58.4 Å². The van der Waals surface area contributed by atoms with E-state index in [0.717, 1.165) is 23.6 Å². The second-order valence-corrected chi connectivity index (χ2v) is 9.80. The second-order valence-electron chi connectivity index (χ2n) is 9.80. The zero-order valence-corrected chi connectivity index (χ0v) is 21.3. The minimum absolute atomic E-state index is 0.0170. The van der Waals surface area contributed by atoms with Crippen LogP contribution in [0, 0.1) is 5.92 Å². The highest BCUT2D eigenvalue weighted by atomic mass is 16.2. The Morgan fingerprint density at radius 1 is 0.811 bits per heavy atom. The van der Waals surface area contributed by atoms with Gasteiger partial charge in [-0.15, -0.1) is 0 Å². The predicted octanol–water partition coefficient (Wildman–Crippen LogP) is 5.57. The summed E-state index contributed by atoms with van der Waals surface area (Å²) in [6, 6.07) is 27.7. The standard InChI is InChI=1S/C31H32N4O2/c1-22(2)28(32-18-11-19-35-30(36)25-16-9-10-17-26(25)31(35)37)29-33-27(24-14-7-4-8-15-24)21-34(29)20-23-12-5-3-6-13-23/h3-10,12-17,21-22,28,32H,11,18-20H2,1-2H3/t28-/m1/s1. The van der Waals surface area contributed by atoms with Crippen LogP contribution in [0.3, 0.4) is 0 Å². The van der Waals surface area contributed by atoms with Crippen molar-refractivity contribution in [2.24, 2.45) is 5.92 Å². The molecular formula is C31H32N4O2. The smallest absolute Gasteiger partial charge is 0.261 e. The molecule has 6 nitrogen and oxygen atoms in total. The Labute approximate surface area is 218 Å². The number of hydrogen-bond acceptors (Lipinski definition) is 4. The number of imidazole rings is 1. The van der Waals surface area contributed by atoms with Crippen molar-refractivity contribution in [3.63, 3.8) is 0 Å². The van der Waals surface area contributed by atoms with Crippen LogP contribution in [0.2, 0.25) is 0 Å². The van der Waals surface area contributed by atoms with Gasteiger partial charge in [0.25, 0.3) is 11.8 Å². The molecule has 2 heterocycles. The van der Waals surface area contributed by atoms with Gasteiger partial charge in [0.1, 0.15) is 5.82 Å². The quantitative estimate of drug-likeness (QED) is 0.232. The Balaban J connectivity index is 1.32. The molecule has 0 spiro atoms. The minimum Gasteiger partial charge on any atom is -0.329 e. The molecule has 188 valence electrons. The number of nitrogens with one attached hydrogen (secondary N) is 1. The molecule has 1 aliphatic heterocycles. The van der Waals surface area contributed by atoms with Crippen LogP contribution in [0.15, 0.2) is 91.1 Å². The number of rotatable bonds is 10. The summed E-state index contributed by atoms with van der Waals surface area (Å²) in [5.41, 5.74) is 4.25. The van der Waals surface area contributed by atoms with Gasteiger partial charge in [0.05, 0.1) is 22.9 Å². The molecule has 0 aliphatic carbocycles. The third-order valence-electron chi connectivity index (χ3n) is 6.82. The molecule has 1 aromatic heterocycles. The molecule has 0 saturated heterocycles. The SMILES string of the molecule is CC(C)[C@@H](NCCCN1C(=O)c2ccccc2C1=O)c1nc(-c2ccccc2)cn1Cc1ccccc1. The molecule has 5 rings (SSSR count). The fourth-order valence-electron chi connectivity index (χ4n) is 4.90. The van der Waals surface area contributed by atoms with Gasteiger partial charge in [0.15, 0.2) is 0 Å². The summed E-state index contributed by atoms with van der Waals surface area (Å²) < 4.78 is 2.24. The maximum absolute atomic E-state index is 12.7. The summed E-state index contributed by atoms with van der Waals surface area (Å²) in [6.45, 7) is 6.15. The van der Waals surface area contributed by atoms with E-state index >= 15 is 0 Å². The molecule has 3 aromatic carbocycles. The number of hydrogen-bond donors (Lipinski definition) is 1. The third kappa shape index (κ3) is 5.25. The summed E-state index contributed by atoms with van der Waals surface area (Å²) in [5.74, 6) is 0.872. The van der Waals surface area contributed by atoms with Crippen LogP contribution in [0.4, 0.5) is 0 Å². The van der Waals surface area contributed by atoms with E-state index in [-0.39, 0.29) is 17.9 Å². The van der Waals surface area contributed by atoms with Crippen LogP contribution < -0.4 is 5.32 Å². The Kier molecular flexibility index (Phi) is 7.28. The van der Waals surface area contributed by atoms with Gasteiger partial charge in [-0.1, -0.05) is 86.6 Å². The van der Waals surface area contributed by atoms with Gasteiger partial charge in [-0.05, 0) is 36.6 Å². The molecular weight excluding hydrogens is 460 g/mol. The Bertz CT molecular complexity index is 1340. The van der Waals surface area contributed by atoms with E-state index in [9.17, 15) is 9.59 Å². The summed E-state index contributed by atoms with van der Waals surface area (Å²) in [5, 5.41) is 3.67. The van der Waals surface area contributed by atoms with Crippen molar-refractivity contribution in [1.82, 2.24) is 19.8 Å². The van der Waals surface area contributed by atoms with Crippen LogP contribution >= 0.6 is 0 Å². The highest BCUT2D eigenvalue weighted by molar-refractivity contribution is 6.21. The van der Waals surface area contributed by atoms with E-state index in [4.69, 9.17) is 4.98 Å². The number of aromatic nitrogens is 2. The van der Waals surface area contributed by atoms with Crippen LogP contribution in [0.5, 0.6) is 0 Å². The van der Waals surface area contributed by atoms with E-state index in [0.29, 0.717) is 36.6 Å². The molecule has 4 aromatic rings. The second kappa shape index (κ2) is 10.9. The Hall–Kier alpha value is -4.03. The van der Waals surface area contributed by atoms with Crippen molar-refractivity contribution in [2.75, 3.05) is 13.1 Å². The van der Waals surface area contributed by atoms with Crippen molar-refractivity contribution in [3.8, 4) is 11.3 Å². The lowest BCUT2D eigenvalue weighted by Crippen LogP contribution is -2.34. The van der Waals surface area contributed by atoms with E-state index in [1.807, 2.05) is 24.3 Å². The first-order valence-electron chi connectivity index (χ1n) is 12.9. The topological polar surface area (TPSA) is 67.2 Å². The van der Waals surface area contributed by atoms with Crippen molar-refractivity contribution in [3.05, 3.63) is 114 Å². The summed E-state index contributed by atoms with van der Waals surface area (Å²) in [4.78, 5) is 31.8. The van der Waals surface area contributed by atoms with Gasteiger partial charge >= 0.3 is 0 Å². The van der Waals surface area contributed by atoms with Gasteiger partial charge in [0, 0.05) is 24.8 Å². The molecule has 1 N–H and O–H groups in total. The molecule has 2 amide bonds. The lowest BCUT2D eigenvalue weighted by molar-refractivity contribution is 0.0652. The van der Waals surface area contributed by atoms with Crippen molar-refractivity contribution in [1.29, 1.82) is 0 Å². The van der Waals surface area contributed by atoms with E-state index in [1.54, 1.807) is 24.3 Å². The molecule has 6 heteroatoms. The van der Waals surface area contributed by atoms with Gasteiger partial charge in [-0.25, -0.2) is 4.98 Å². The fraction of sp³-hybridized carbons (Fsp3) is 0.258. The van der Waals surface area contributed by atoms with Crippen molar-refractivity contribution >= 4 is 11.8 Å². The molecule has 1 atom stereocenters. The molecule has 0 saturated carbocycles. The van der Waals surface area contributed by atoms with Gasteiger partial charge in [0.2, 0.25) is 0 Å². The number of imide groups is 1. The third-order valence-corrected chi connectivity index (χ3v) is 6.82. The number of fused-ring (bicyclic) bond motifs is 1. The average Bonchev–Trinajstić information content (AvgIpc) is 3.44. The Morgan fingerprint density at radius 3 is 2.03 bits per heavy atom. The number of benzene rings is 3. The number of amides is 2. The van der Waals surface area contributed by atoms with Crippen LogP contribution in [0.25, 0.3) is 11.3 Å². The molecule has 0 bridgehead atoms. The van der Waals surface area contributed by atoms with Crippen molar-refractivity contribution < 1.29 is 9.59 Å². The van der Waals surface area contributed by atoms with E-state index < -0.39 is 0 Å². The normalized spacial score (nSPS) is 13.9. The largest absolute Gasteiger partial charge is 0.329 e. The average molecular weight is 493 g/mol. The predicted molar refractivity (Wildman–Crippen MR) is 145 cm³/mol. The van der Waals surface area contributed by atoms with E-state index in [2.05, 4.69) is 66.3 Å². The molecule has 37 heavy (non-hydrogen) atoms. The van der Waals surface area contributed by atoms with E-state index in [1.165, 1.54) is 10.5 Å². The van der Waals surface area contributed by atoms with Gasteiger partial charge in [-0.2, -0.15) is 0 Å². The Morgan fingerprint density at radius 2 is 1.41 bits per heavy atom. The maximum atomic E-state index is 12.7. The van der Waals surface area contributed by atoms with Crippen LogP contribution in [-0.2, 0) is 6.54 Å². The van der Waals surface area contributed by atoms with Gasteiger partial charge < -0.3 is 9.88 Å². The molecule has 0 unspecified atom stereocenters. The number of carbonyl (C=O) groups is 2. The lowest BCUT2D eigenvalue weighted by atomic mass is 10.0. The zero-order chi connectivity index (χ0) is 25.8. The molecule has 0 fully saturated rings. The minimum atomic E-state index is -0.202. The number of nitrogens with zero attached hydrogens (tertiary/aromatic N) is 3. The summed E-state index contributed by atoms with van der Waals surface area (Å²) >= 11 is 0. The molecule has 0 radical (unpaired) electrons. The number of carbonyl (C=O) groups excluding carboxylic acids is 2. The first-order valence-corrected chi connectivity index (χ1v) is 12.9. The first-order chi connectivity index (χ1) is 18.0.